The number of carbonyl (C=O) groups excluding carboxylic acids is 1. The Hall–Kier alpha value is -1.89. The fourth-order valence-electron chi connectivity index (χ4n) is 3.20. The molecule has 6 heteroatoms. The molecule has 1 aromatic heterocycles. The van der Waals surface area contributed by atoms with E-state index in [0.717, 1.165) is 48.8 Å². The van der Waals surface area contributed by atoms with E-state index in [1.165, 1.54) is 0 Å². The molecule has 1 atom stereocenters. The molecule has 26 heavy (non-hydrogen) atoms. The predicted molar refractivity (Wildman–Crippen MR) is 104 cm³/mol. The van der Waals surface area contributed by atoms with E-state index in [9.17, 15) is 9.90 Å². The van der Waals surface area contributed by atoms with Crippen molar-refractivity contribution in [2.24, 2.45) is 0 Å². The lowest BCUT2D eigenvalue weighted by Crippen LogP contribution is -2.49. The summed E-state index contributed by atoms with van der Waals surface area (Å²) in [7, 11) is 1.65. The normalized spacial score (nSPS) is 16.5. The summed E-state index contributed by atoms with van der Waals surface area (Å²) in [6.45, 7) is 3.74. The van der Waals surface area contributed by atoms with Crippen LogP contribution in [0.25, 0.3) is 0 Å². The van der Waals surface area contributed by atoms with Gasteiger partial charge in [0.15, 0.2) is 0 Å². The van der Waals surface area contributed by atoms with Crippen LogP contribution < -0.4 is 4.74 Å². The number of hydrogen-bond acceptors (Lipinski definition) is 5. The van der Waals surface area contributed by atoms with E-state index >= 15 is 0 Å². The third-order valence-electron chi connectivity index (χ3n) is 4.81. The van der Waals surface area contributed by atoms with Crippen LogP contribution in [0.4, 0.5) is 0 Å². The van der Waals surface area contributed by atoms with Crippen LogP contribution >= 0.6 is 11.3 Å². The minimum atomic E-state index is -0.438. The Morgan fingerprint density at radius 1 is 1.19 bits per heavy atom. The molecule has 0 bridgehead atoms. The number of aliphatic hydroxyl groups excluding tert-OH is 1. The number of carbonyl (C=O) groups is 1. The number of β-amino-alcohol motifs (C(OH)–C–C–N with tert-alkyl or cyclic N) is 1. The van der Waals surface area contributed by atoms with Crippen molar-refractivity contribution in [1.82, 2.24) is 9.80 Å². The fourth-order valence-corrected chi connectivity index (χ4v) is 3.90. The molecule has 1 aromatic carbocycles. The summed E-state index contributed by atoms with van der Waals surface area (Å²) < 4.78 is 5.15. The number of piperazine rings is 1. The standard InChI is InChI=1S/C20H26N2O3S/c1-25-17-7-4-16(5-8-17)6-9-20(24)22-12-10-21(11-13-22)15-18(23)19-3-2-14-26-19/h2-5,7-8,14,18,23H,6,9-13,15H2,1H3. The first kappa shape index (κ1) is 18.9. The molecule has 0 saturated carbocycles. The fraction of sp³-hybridized carbons (Fsp3) is 0.450. The van der Waals surface area contributed by atoms with Crippen LogP contribution in [0.3, 0.4) is 0 Å². The van der Waals surface area contributed by atoms with Crippen molar-refractivity contribution in [2.75, 3.05) is 39.8 Å². The van der Waals surface area contributed by atoms with Crippen LogP contribution in [-0.2, 0) is 11.2 Å². The molecule has 140 valence electrons. The van der Waals surface area contributed by atoms with E-state index in [1.54, 1.807) is 18.4 Å². The van der Waals surface area contributed by atoms with E-state index in [-0.39, 0.29) is 5.91 Å². The summed E-state index contributed by atoms with van der Waals surface area (Å²) in [5.41, 5.74) is 1.15. The summed E-state index contributed by atoms with van der Waals surface area (Å²) >= 11 is 1.58. The second-order valence-corrected chi connectivity index (χ2v) is 7.54. The molecule has 1 aliphatic heterocycles. The number of ether oxygens (including phenoxy) is 1. The van der Waals surface area contributed by atoms with Gasteiger partial charge in [0.1, 0.15) is 11.9 Å². The van der Waals surface area contributed by atoms with Gasteiger partial charge in [-0.1, -0.05) is 18.2 Å². The van der Waals surface area contributed by atoms with Crippen molar-refractivity contribution in [1.29, 1.82) is 0 Å². The van der Waals surface area contributed by atoms with Crippen LogP contribution in [-0.4, -0.2) is 60.6 Å². The van der Waals surface area contributed by atoms with Crippen molar-refractivity contribution < 1.29 is 14.6 Å². The minimum Gasteiger partial charge on any atom is -0.497 e. The number of rotatable bonds is 7. The topological polar surface area (TPSA) is 53.0 Å². The van der Waals surface area contributed by atoms with Crippen molar-refractivity contribution in [3.8, 4) is 5.75 Å². The summed E-state index contributed by atoms with van der Waals surface area (Å²) in [5.74, 6) is 1.04. The zero-order valence-corrected chi connectivity index (χ0v) is 16.0. The molecule has 1 amide bonds. The average molecular weight is 375 g/mol. The molecule has 1 fully saturated rings. The summed E-state index contributed by atoms with van der Waals surface area (Å²) in [5, 5.41) is 12.2. The monoisotopic (exact) mass is 374 g/mol. The average Bonchev–Trinajstić information content (AvgIpc) is 3.22. The third-order valence-corrected chi connectivity index (χ3v) is 5.79. The van der Waals surface area contributed by atoms with E-state index in [4.69, 9.17) is 4.74 Å². The number of methoxy groups -OCH3 is 1. The molecule has 5 nitrogen and oxygen atoms in total. The molecule has 2 aromatic rings. The number of benzene rings is 1. The highest BCUT2D eigenvalue weighted by molar-refractivity contribution is 7.10. The van der Waals surface area contributed by atoms with Crippen LogP contribution in [0.15, 0.2) is 41.8 Å². The lowest BCUT2D eigenvalue weighted by molar-refractivity contribution is -0.133. The van der Waals surface area contributed by atoms with Gasteiger partial charge in [-0.05, 0) is 35.6 Å². The molecule has 1 aliphatic rings. The lowest BCUT2D eigenvalue weighted by atomic mass is 10.1. The van der Waals surface area contributed by atoms with Gasteiger partial charge >= 0.3 is 0 Å². The van der Waals surface area contributed by atoms with Crippen LogP contribution in [0, 0.1) is 0 Å². The van der Waals surface area contributed by atoms with Crippen LogP contribution in [0.1, 0.15) is 23.0 Å². The number of nitrogens with zero attached hydrogens (tertiary/aromatic N) is 2. The molecule has 1 unspecified atom stereocenters. The van der Waals surface area contributed by atoms with Gasteiger partial charge in [0, 0.05) is 44.0 Å². The molecule has 1 N–H and O–H groups in total. The number of hydrogen-bond donors (Lipinski definition) is 1. The van der Waals surface area contributed by atoms with E-state index < -0.39 is 6.10 Å². The largest absolute Gasteiger partial charge is 0.497 e. The lowest BCUT2D eigenvalue weighted by Gasteiger charge is -2.35. The SMILES string of the molecule is COc1ccc(CCC(=O)N2CCN(CC(O)c3cccs3)CC2)cc1. The number of thiophene rings is 1. The maximum atomic E-state index is 12.4. The first-order chi connectivity index (χ1) is 12.7. The van der Waals surface area contributed by atoms with Gasteiger partial charge in [-0.2, -0.15) is 0 Å². The first-order valence-corrected chi connectivity index (χ1v) is 9.88. The predicted octanol–water partition coefficient (Wildman–Crippen LogP) is 2.57. The molecule has 0 spiro atoms. The maximum absolute atomic E-state index is 12.4. The van der Waals surface area contributed by atoms with Crippen LogP contribution in [0.5, 0.6) is 5.75 Å². The Morgan fingerprint density at radius 3 is 2.54 bits per heavy atom. The van der Waals surface area contributed by atoms with Gasteiger partial charge in [-0.15, -0.1) is 11.3 Å². The number of aliphatic hydroxyl groups is 1. The zero-order chi connectivity index (χ0) is 18.4. The molecule has 3 rings (SSSR count). The van der Waals surface area contributed by atoms with Crippen molar-refractivity contribution in [3.05, 3.63) is 52.2 Å². The molecule has 2 heterocycles. The highest BCUT2D eigenvalue weighted by atomic mass is 32.1. The molecular formula is C20H26N2O3S. The highest BCUT2D eigenvalue weighted by Crippen LogP contribution is 2.20. The molecule has 0 aliphatic carbocycles. The number of aryl methyl sites for hydroxylation is 1. The number of amides is 1. The summed E-state index contributed by atoms with van der Waals surface area (Å²) in [4.78, 5) is 17.6. The molecule has 0 radical (unpaired) electrons. The van der Waals surface area contributed by atoms with Crippen LogP contribution in [0.2, 0.25) is 0 Å². The first-order valence-electron chi connectivity index (χ1n) is 9.00. The zero-order valence-electron chi connectivity index (χ0n) is 15.1. The minimum absolute atomic E-state index is 0.208. The summed E-state index contributed by atoms with van der Waals surface area (Å²) in [6, 6.07) is 11.8. The van der Waals surface area contributed by atoms with Gasteiger partial charge in [0.2, 0.25) is 5.91 Å². The Kier molecular flexibility index (Phi) is 6.66. The van der Waals surface area contributed by atoms with Gasteiger partial charge in [0.05, 0.1) is 7.11 Å². The summed E-state index contributed by atoms with van der Waals surface area (Å²) in [6.07, 6.45) is 0.844. The highest BCUT2D eigenvalue weighted by Gasteiger charge is 2.23. The molecular weight excluding hydrogens is 348 g/mol. The van der Waals surface area contributed by atoms with Crippen molar-refractivity contribution in [2.45, 2.75) is 18.9 Å². The van der Waals surface area contributed by atoms with Crippen molar-refractivity contribution >= 4 is 17.2 Å². The molecule has 1 saturated heterocycles. The second-order valence-electron chi connectivity index (χ2n) is 6.56. The van der Waals surface area contributed by atoms with Crippen molar-refractivity contribution in [3.63, 3.8) is 0 Å². The Morgan fingerprint density at radius 2 is 1.92 bits per heavy atom. The van der Waals surface area contributed by atoms with Gasteiger partial charge in [-0.25, -0.2) is 0 Å². The quantitative estimate of drug-likeness (QED) is 0.809. The Bertz CT molecular complexity index is 680. The van der Waals surface area contributed by atoms with Gasteiger partial charge in [-0.3, -0.25) is 9.69 Å². The van der Waals surface area contributed by atoms with E-state index in [2.05, 4.69) is 4.90 Å². The Balaban J connectivity index is 1.40. The van der Waals surface area contributed by atoms with E-state index in [0.29, 0.717) is 13.0 Å². The Labute approximate surface area is 158 Å². The van der Waals surface area contributed by atoms with Gasteiger partial charge < -0.3 is 14.7 Å². The maximum Gasteiger partial charge on any atom is 0.222 e. The van der Waals surface area contributed by atoms with E-state index in [1.807, 2.05) is 46.7 Å². The smallest absolute Gasteiger partial charge is 0.222 e. The second kappa shape index (κ2) is 9.16. The van der Waals surface area contributed by atoms with Gasteiger partial charge in [0.25, 0.3) is 0 Å². The third kappa shape index (κ3) is 5.06.